The van der Waals surface area contributed by atoms with Crippen LogP contribution in [0.4, 0.5) is 0 Å². The number of carbonyl (C=O) groups excluding carboxylic acids is 1. The smallest absolute Gasteiger partial charge is 0.262 e. The molecule has 0 spiro atoms. The fourth-order valence-electron chi connectivity index (χ4n) is 4.27. The van der Waals surface area contributed by atoms with E-state index < -0.39 is 0 Å². The van der Waals surface area contributed by atoms with Crippen LogP contribution in [0.1, 0.15) is 40.8 Å². The minimum Gasteiger partial charge on any atom is -0.352 e. The van der Waals surface area contributed by atoms with E-state index in [1.165, 1.54) is 16.9 Å². The van der Waals surface area contributed by atoms with E-state index in [1.807, 2.05) is 35.1 Å². The van der Waals surface area contributed by atoms with Gasteiger partial charge in [-0.1, -0.05) is 24.3 Å². The summed E-state index contributed by atoms with van der Waals surface area (Å²) in [6.07, 6.45) is 9.81. The second kappa shape index (κ2) is 9.08. The van der Waals surface area contributed by atoms with Crippen molar-refractivity contribution >= 4 is 27.5 Å². The molecule has 3 aromatic heterocycles. The number of hydrogen-bond donors (Lipinski definition) is 1. The molecule has 164 valence electrons. The molecule has 5 rings (SSSR count). The maximum absolute atomic E-state index is 13.0. The van der Waals surface area contributed by atoms with Crippen LogP contribution in [-0.2, 0) is 37.3 Å². The van der Waals surface area contributed by atoms with Gasteiger partial charge in [0.25, 0.3) is 5.56 Å². The predicted octanol–water partition coefficient (Wildman–Crippen LogP) is 3.29. The summed E-state index contributed by atoms with van der Waals surface area (Å²) in [5.41, 5.74) is 3.33. The zero-order valence-electron chi connectivity index (χ0n) is 17.8. The van der Waals surface area contributed by atoms with Crippen molar-refractivity contribution in [3.05, 3.63) is 81.0 Å². The molecule has 1 aromatic carbocycles. The highest BCUT2D eigenvalue weighted by atomic mass is 32.1. The largest absolute Gasteiger partial charge is 0.352 e. The summed E-state index contributed by atoms with van der Waals surface area (Å²) in [5.74, 6) is -0.0816. The van der Waals surface area contributed by atoms with Crippen molar-refractivity contribution in [2.24, 2.45) is 0 Å². The SMILES string of the molecule is O=C(CCn1cnc2sc3c(c2c1=O)CCCC3)NCc1cccc(Cn2cccn2)c1. The molecular formula is C24H25N5O2S. The summed E-state index contributed by atoms with van der Waals surface area (Å²) < 4.78 is 3.44. The zero-order valence-corrected chi connectivity index (χ0v) is 18.6. The molecular weight excluding hydrogens is 422 g/mol. The van der Waals surface area contributed by atoms with Gasteiger partial charge in [0, 0.05) is 36.8 Å². The molecule has 0 atom stereocenters. The molecule has 32 heavy (non-hydrogen) atoms. The molecule has 4 aromatic rings. The Hall–Kier alpha value is -3.26. The van der Waals surface area contributed by atoms with E-state index in [2.05, 4.69) is 21.5 Å². The van der Waals surface area contributed by atoms with Gasteiger partial charge in [-0.05, 0) is 48.4 Å². The van der Waals surface area contributed by atoms with Crippen molar-refractivity contribution in [2.45, 2.75) is 51.7 Å². The van der Waals surface area contributed by atoms with Crippen LogP contribution in [0.15, 0.2) is 53.8 Å². The molecule has 7 nitrogen and oxygen atoms in total. The van der Waals surface area contributed by atoms with E-state index in [9.17, 15) is 9.59 Å². The third-order valence-corrected chi connectivity index (χ3v) is 7.11. The first-order valence-electron chi connectivity index (χ1n) is 11.0. The van der Waals surface area contributed by atoms with Crippen LogP contribution in [-0.4, -0.2) is 25.2 Å². The molecule has 0 fully saturated rings. The quantitative estimate of drug-likeness (QED) is 0.471. The number of benzene rings is 1. The first-order valence-corrected chi connectivity index (χ1v) is 11.8. The average Bonchev–Trinajstić information content (AvgIpc) is 3.45. The minimum absolute atomic E-state index is 0.0199. The summed E-state index contributed by atoms with van der Waals surface area (Å²) in [6.45, 7) is 1.48. The van der Waals surface area contributed by atoms with Gasteiger partial charge in [0.2, 0.25) is 5.91 Å². The number of carbonyl (C=O) groups is 1. The lowest BCUT2D eigenvalue weighted by molar-refractivity contribution is -0.121. The predicted molar refractivity (Wildman–Crippen MR) is 125 cm³/mol. The highest BCUT2D eigenvalue weighted by Crippen LogP contribution is 2.33. The van der Waals surface area contributed by atoms with Crippen LogP contribution in [0.2, 0.25) is 0 Å². The van der Waals surface area contributed by atoms with Crippen LogP contribution in [0.3, 0.4) is 0 Å². The number of nitrogens with zero attached hydrogens (tertiary/aromatic N) is 4. The van der Waals surface area contributed by atoms with Gasteiger partial charge in [-0.2, -0.15) is 5.10 Å². The third-order valence-electron chi connectivity index (χ3n) is 5.91. The summed E-state index contributed by atoms with van der Waals surface area (Å²) >= 11 is 1.65. The Bertz CT molecular complexity index is 1310. The Morgan fingerprint density at radius 2 is 2.03 bits per heavy atom. The van der Waals surface area contributed by atoms with Crippen molar-refractivity contribution in [1.82, 2.24) is 24.6 Å². The van der Waals surface area contributed by atoms with Crippen molar-refractivity contribution in [2.75, 3.05) is 0 Å². The van der Waals surface area contributed by atoms with Gasteiger partial charge in [-0.3, -0.25) is 18.8 Å². The van der Waals surface area contributed by atoms with Gasteiger partial charge in [0.05, 0.1) is 18.3 Å². The van der Waals surface area contributed by atoms with Crippen LogP contribution in [0.25, 0.3) is 10.2 Å². The van der Waals surface area contributed by atoms with E-state index >= 15 is 0 Å². The number of aromatic nitrogens is 4. The maximum Gasteiger partial charge on any atom is 0.262 e. The highest BCUT2D eigenvalue weighted by Gasteiger charge is 2.20. The van der Waals surface area contributed by atoms with Gasteiger partial charge >= 0.3 is 0 Å². The molecule has 3 heterocycles. The molecule has 0 radical (unpaired) electrons. The van der Waals surface area contributed by atoms with Gasteiger partial charge in [-0.15, -0.1) is 11.3 Å². The van der Waals surface area contributed by atoms with Crippen molar-refractivity contribution in [3.8, 4) is 0 Å². The fraction of sp³-hybridized carbons (Fsp3) is 0.333. The van der Waals surface area contributed by atoms with Crippen molar-refractivity contribution in [3.63, 3.8) is 0 Å². The van der Waals surface area contributed by atoms with Gasteiger partial charge in [0.1, 0.15) is 4.83 Å². The molecule has 0 saturated heterocycles. The molecule has 0 aliphatic heterocycles. The van der Waals surface area contributed by atoms with Crippen LogP contribution in [0, 0.1) is 0 Å². The zero-order chi connectivity index (χ0) is 21.9. The Kier molecular flexibility index (Phi) is 5.85. The second-order valence-electron chi connectivity index (χ2n) is 8.18. The molecule has 8 heteroatoms. The summed E-state index contributed by atoms with van der Waals surface area (Å²) in [7, 11) is 0. The summed E-state index contributed by atoms with van der Waals surface area (Å²) in [6, 6.07) is 10.0. The maximum atomic E-state index is 13.0. The third kappa shape index (κ3) is 4.36. The van der Waals surface area contributed by atoms with E-state index in [-0.39, 0.29) is 17.9 Å². The number of nitrogens with one attached hydrogen (secondary N) is 1. The molecule has 0 saturated carbocycles. The normalized spacial score (nSPS) is 13.2. The monoisotopic (exact) mass is 447 g/mol. The van der Waals surface area contributed by atoms with Gasteiger partial charge in [-0.25, -0.2) is 4.98 Å². The Morgan fingerprint density at radius 3 is 2.91 bits per heavy atom. The number of aryl methyl sites for hydroxylation is 3. The van der Waals surface area contributed by atoms with Gasteiger partial charge in [0.15, 0.2) is 0 Å². The average molecular weight is 448 g/mol. The van der Waals surface area contributed by atoms with Crippen LogP contribution in [0.5, 0.6) is 0 Å². The van der Waals surface area contributed by atoms with E-state index in [0.29, 0.717) is 19.6 Å². The summed E-state index contributed by atoms with van der Waals surface area (Å²) in [5, 5.41) is 7.96. The van der Waals surface area contributed by atoms with Crippen LogP contribution >= 0.6 is 11.3 Å². The van der Waals surface area contributed by atoms with Crippen molar-refractivity contribution in [1.29, 1.82) is 0 Å². The first-order chi connectivity index (χ1) is 15.7. The van der Waals surface area contributed by atoms with E-state index in [1.54, 1.807) is 28.4 Å². The first kappa shape index (κ1) is 20.6. The topological polar surface area (TPSA) is 81.8 Å². The van der Waals surface area contributed by atoms with Crippen molar-refractivity contribution < 1.29 is 4.79 Å². The molecule has 1 aliphatic carbocycles. The molecule has 1 amide bonds. The van der Waals surface area contributed by atoms with E-state index in [0.717, 1.165) is 40.6 Å². The molecule has 1 N–H and O–H groups in total. The number of amides is 1. The summed E-state index contributed by atoms with van der Waals surface area (Å²) in [4.78, 5) is 32.1. The van der Waals surface area contributed by atoms with Gasteiger partial charge < -0.3 is 5.32 Å². The molecule has 0 bridgehead atoms. The Balaban J connectivity index is 1.20. The number of thiophene rings is 1. The standard InChI is InChI=1S/C24H25N5O2S/c30-21(25-14-17-5-3-6-18(13-17)15-29-11-4-10-27-29)9-12-28-16-26-23-22(24(28)31)19-7-1-2-8-20(19)32-23/h3-6,10-11,13,16H,1-2,7-9,12,14-15H2,(H,25,30). The lowest BCUT2D eigenvalue weighted by Crippen LogP contribution is -2.27. The number of fused-ring (bicyclic) bond motifs is 3. The highest BCUT2D eigenvalue weighted by molar-refractivity contribution is 7.18. The molecule has 1 aliphatic rings. The Morgan fingerprint density at radius 1 is 1.16 bits per heavy atom. The molecule has 0 unspecified atom stereocenters. The Labute approximate surface area is 189 Å². The lowest BCUT2D eigenvalue weighted by Gasteiger charge is -2.11. The number of hydrogen-bond acceptors (Lipinski definition) is 5. The number of rotatable bonds is 7. The van der Waals surface area contributed by atoms with Crippen LogP contribution < -0.4 is 10.9 Å². The fourth-order valence-corrected chi connectivity index (χ4v) is 5.49. The minimum atomic E-state index is -0.0816. The second-order valence-corrected chi connectivity index (χ2v) is 9.27. The lowest BCUT2D eigenvalue weighted by atomic mass is 9.97. The van der Waals surface area contributed by atoms with E-state index in [4.69, 9.17) is 0 Å².